The minimum absolute atomic E-state index is 0.166. The molecule has 0 aliphatic rings. The van der Waals surface area contributed by atoms with E-state index in [-0.39, 0.29) is 5.91 Å². The lowest BCUT2D eigenvalue weighted by Gasteiger charge is -2.14. The van der Waals surface area contributed by atoms with Crippen molar-refractivity contribution in [1.29, 1.82) is 0 Å². The number of nitrogens with zero attached hydrogens (tertiary/aromatic N) is 3. The van der Waals surface area contributed by atoms with Gasteiger partial charge < -0.3 is 0 Å². The highest BCUT2D eigenvalue weighted by atomic mass is 16.1. The number of pyridine rings is 2. The van der Waals surface area contributed by atoms with Crippen molar-refractivity contribution in [2.24, 2.45) is 10.4 Å². The molecule has 0 N–H and O–H groups in total. The summed E-state index contributed by atoms with van der Waals surface area (Å²) < 4.78 is 0. The number of carbonyl (C=O) groups is 1. The van der Waals surface area contributed by atoms with Crippen molar-refractivity contribution >= 4 is 11.6 Å². The van der Waals surface area contributed by atoms with Crippen molar-refractivity contribution in [2.75, 3.05) is 0 Å². The summed E-state index contributed by atoms with van der Waals surface area (Å²) in [5.41, 5.74) is 1.69. The Morgan fingerprint density at radius 3 is 1.85 bits per heavy atom. The Morgan fingerprint density at radius 2 is 1.50 bits per heavy atom. The van der Waals surface area contributed by atoms with Crippen LogP contribution in [0.3, 0.4) is 0 Å². The molecule has 102 valence electrons. The van der Waals surface area contributed by atoms with Crippen LogP contribution in [0.1, 0.15) is 31.9 Å². The highest BCUT2D eigenvalue weighted by Gasteiger charge is 2.22. The first-order valence-electron chi connectivity index (χ1n) is 6.42. The second-order valence-corrected chi connectivity index (χ2v) is 5.50. The molecule has 2 heterocycles. The maximum Gasteiger partial charge on any atom is 0.251 e. The van der Waals surface area contributed by atoms with Crippen LogP contribution >= 0.6 is 0 Å². The third-order valence-corrected chi connectivity index (χ3v) is 2.72. The van der Waals surface area contributed by atoms with E-state index in [0.29, 0.717) is 5.71 Å². The number of amides is 1. The van der Waals surface area contributed by atoms with Gasteiger partial charge in [-0.25, -0.2) is 4.99 Å². The molecule has 2 aromatic rings. The second-order valence-electron chi connectivity index (χ2n) is 5.50. The third kappa shape index (κ3) is 3.35. The molecule has 0 radical (unpaired) electrons. The molecule has 1 amide bonds. The molecule has 20 heavy (non-hydrogen) atoms. The molecule has 0 bridgehead atoms. The van der Waals surface area contributed by atoms with Crippen molar-refractivity contribution < 1.29 is 4.79 Å². The lowest BCUT2D eigenvalue weighted by molar-refractivity contribution is -0.124. The highest BCUT2D eigenvalue weighted by molar-refractivity contribution is 6.16. The minimum Gasteiger partial charge on any atom is -0.272 e. The van der Waals surface area contributed by atoms with E-state index in [2.05, 4.69) is 15.0 Å². The molecule has 0 atom stereocenters. The maximum absolute atomic E-state index is 12.2. The van der Waals surface area contributed by atoms with Gasteiger partial charge in [-0.05, 0) is 24.3 Å². The zero-order valence-electron chi connectivity index (χ0n) is 11.9. The SMILES string of the molecule is CC(C)(C)C(=O)N=C(c1cccnc1)c1cccnc1. The van der Waals surface area contributed by atoms with Crippen LogP contribution in [-0.2, 0) is 4.79 Å². The molecule has 0 aliphatic heterocycles. The zero-order chi connectivity index (χ0) is 14.6. The Balaban J connectivity index is 2.52. The Bertz CT molecular complexity index is 572. The van der Waals surface area contributed by atoms with Gasteiger partial charge in [-0.1, -0.05) is 20.8 Å². The van der Waals surface area contributed by atoms with E-state index >= 15 is 0 Å². The van der Waals surface area contributed by atoms with Crippen molar-refractivity contribution in [1.82, 2.24) is 9.97 Å². The van der Waals surface area contributed by atoms with Gasteiger partial charge in [-0.3, -0.25) is 14.8 Å². The quantitative estimate of drug-likeness (QED) is 0.786. The summed E-state index contributed by atoms with van der Waals surface area (Å²) in [5.74, 6) is -0.166. The van der Waals surface area contributed by atoms with Gasteiger partial charge in [0.25, 0.3) is 5.91 Å². The number of hydrogen-bond donors (Lipinski definition) is 0. The van der Waals surface area contributed by atoms with Crippen LogP contribution < -0.4 is 0 Å². The number of rotatable bonds is 2. The van der Waals surface area contributed by atoms with Gasteiger partial charge >= 0.3 is 0 Å². The molecule has 0 fully saturated rings. The molecule has 0 aliphatic carbocycles. The first kappa shape index (κ1) is 14.1. The summed E-state index contributed by atoms with van der Waals surface area (Å²) in [4.78, 5) is 24.7. The van der Waals surface area contributed by atoms with Gasteiger partial charge in [0, 0.05) is 41.3 Å². The van der Waals surface area contributed by atoms with Crippen molar-refractivity contribution in [3.63, 3.8) is 0 Å². The molecule has 2 aromatic heterocycles. The fourth-order valence-corrected chi connectivity index (χ4v) is 1.57. The van der Waals surface area contributed by atoms with Gasteiger partial charge in [0.05, 0.1) is 5.71 Å². The fraction of sp³-hybridized carbons (Fsp3) is 0.250. The summed E-state index contributed by atoms with van der Waals surface area (Å²) in [5, 5.41) is 0. The van der Waals surface area contributed by atoms with Gasteiger partial charge in [0.2, 0.25) is 0 Å². The normalized spacial score (nSPS) is 10.9. The number of carbonyl (C=O) groups excluding carboxylic acids is 1. The highest BCUT2D eigenvalue weighted by Crippen LogP contribution is 2.18. The average Bonchev–Trinajstić information content (AvgIpc) is 2.45. The van der Waals surface area contributed by atoms with E-state index in [0.717, 1.165) is 11.1 Å². The second kappa shape index (κ2) is 5.74. The van der Waals surface area contributed by atoms with E-state index in [9.17, 15) is 4.79 Å². The fourth-order valence-electron chi connectivity index (χ4n) is 1.57. The summed E-state index contributed by atoms with van der Waals surface area (Å²) in [7, 11) is 0. The topological polar surface area (TPSA) is 55.2 Å². The van der Waals surface area contributed by atoms with Crippen LogP contribution in [0.2, 0.25) is 0 Å². The molecule has 0 saturated carbocycles. The van der Waals surface area contributed by atoms with E-state index in [4.69, 9.17) is 0 Å². The van der Waals surface area contributed by atoms with E-state index in [1.807, 2.05) is 45.0 Å². The molecular weight excluding hydrogens is 250 g/mol. The van der Waals surface area contributed by atoms with Crippen molar-refractivity contribution in [3.05, 3.63) is 60.2 Å². The summed E-state index contributed by atoms with van der Waals surface area (Å²) >= 11 is 0. The lowest BCUT2D eigenvalue weighted by Crippen LogP contribution is -2.20. The molecule has 0 aromatic carbocycles. The molecule has 4 heteroatoms. The van der Waals surface area contributed by atoms with Crippen LogP contribution in [-0.4, -0.2) is 21.6 Å². The predicted molar refractivity (Wildman–Crippen MR) is 78.6 cm³/mol. The van der Waals surface area contributed by atoms with E-state index < -0.39 is 5.41 Å². The third-order valence-electron chi connectivity index (χ3n) is 2.72. The molecule has 0 unspecified atom stereocenters. The van der Waals surface area contributed by atoms with Gasteiger partial charge in [0.1, 0.15) is 0 Å². The van der Waals surface area contributed by atoms with Gasteiger partial charge in [0.15, 0.2) is 0 Å². The van der Waals surface area contributed by atoms with Crippen molar-refractivity contribution in [2.45, 2.75) is 20.8 Å². The molecule has 0 saturated heterocycles. The smallest absolute Gasteiger partial charge is 0.251 e. The van der Waals surface area contributed by atoms with E-state index in [1.54, 1.807) is 24.8 Å². The van der Waals surface area contributed by atoms with E-state index in [1.165, 1.54) is 0 Å². The molecule has 4 nitrogen and oxygen atoms in total. The largest absolute Gasteiger partial charge is 0.272 e. The molecule has 2 rings (SSSR count). The molecule has 0 spiro atoms. The Hall–Kier alpha value is -2.36. The summed E-state index contributed by atoms with van der Waals surface area (Å²) in [6.07, 6.45) is 6.77. The van der Waals surface area contributed by atoms with Crippen LogP contribution in [0.25, 0.3) is 0 Å². The molecular formula is C16H17N3O. The predicted octanol–water partition coefficient (Wildman–Crippen LogP) is 2.89. The number of aliphatic imine (C=N–C) groups is 1. The van der Waals surface area contributed by atoms with Gasteiger partial charge in [-0.15, -0.1) is 0 Å². The van der Waals surface area contributed by atoms with Crippen LogP contribution in [0.15, 0.2) is 54.0 Å². The first-order valence-corrected chi connectivity index (χ1v) is 6.42. The summed E-state index contributed by atoms with van der Waals surface area (Å²) in [6.45, 7) is 5.55. The maximum atomic E-state index is 12.2. The lowest BCUT2D eigenvalue weighted by atomic mass is 9.95. The Labute approximate surface area is 118 Å². The number of hydrogen-bond acceptors (Lipinski definition) is 3. The monoisotopic (exact) mass is 267 g/mol. The minimum atomic E-state index is -0.518. The summed E-state index contributed by atoms with van der Waals surface area (Å²) in [6, 6.07) is 7.41. The zero-order valence-corrected chi connectivity index (χ0v) is 11.9. The standard InChI is InChI=1S/C16H17N3O/c1-16(2,3)15(20)19-14(12-6-4-8-17-10-12)13-7-5-9-18-11-13/h4-11H,1-3H3. The van der Waals surface area contributed by atoms with Crippen molar-refractivity contribution in [3.8, 4) is 0 Å². The first-order chi connectivity index (χ1) is 9.48. The van der Waals surface area contributed by atoms with Crippen LogP contribution in [0, 0.1) is 5.41 Å². The Morgan fingerprint density at radius 1 is 1.00 bits per heavy atom. The number of aromatic nitrogens is 2. The average molecular weight is 267 g/mol. The van der Waals surface area contributed by atoms with Crippen LogP contribution in [0.5, 0.6) is 0 Å². The Kier molecular flexibility index (Phi) is 4.03. The van der Waals surface area contributed by atoms with Crippen LogP contribution in [0.4, 0.5) is 0 Å². The van der Waals surface area contributed by atoms with Gasteiger partial charge in [-0.2, -0.15) is 0 Å².